The van der Waals surface area contributed by atoms with Gasteiger partial charge in [0.05, 0.1) is 31.8 Å². The highest BCUT2D eigenvalue weighted by atomic mass is 16.6. The zero-order valence-corrected chi connectivity index (χ0v) is 11.3. The molecule has 6 nitrogen and oxygen atoms in total. The zero-order chi connectivity index (χ0) is 15.0. The summed E-state index contributed by atoms with van der Waals surface area (Å²) in [5.41, 5.74) is 0.115. The van der Waals surface area contributed by atoms with Crippen LogP contribution in [0.15, 0.2) is 25.8 Å². The van der Waals surface area contributed by atoms with Crippen LogP contribution in [0.3, 0.4) is 0 Å². The van der Waals surface area contributed by atoms with E-state index in [4.69, 9.17) is 14.2 Å². The summed E-state index contributed by atoms with van der Waals surface area (Å²) in [7, 11) is 4.16. The van der Waals surface area contributed by atoms with Crippen LogP contribution in [0.5, 0.6) is 17.2 Å². The summed E-state index contributed by atoms with van der Waals surface area (Å²) >= 11 is 0. The fourth-order valence-electron chi connectivity index (χ4n) is 1.50. The molecule has 104 valence electrons. The molecule has 0 saturated heterocycles. The molecule has 1 aromatic carbocycles. The quantitative estimate of drug-likeness (QED) is 0.466. The molecular formula is C13H17NO5. The highest BCUT2D eigenvalue weighted by molar-refractivity contribution is 5.73. The van der Waals surface area contributed by atoms with Crippen molar-refractivity contribution in [1.82, 2.24) is 0 Å². The normalized spacial score (nSPS) is 8.79. The zero-order valence-electron chi connectivity index (χ0n) is 11.3. The van der Waals surface area contributed by atoms with Crippen molar-refractivity contribution >= 4 is 11.8 Å². The largest absolute Gasteiger partial charge is 0.493 e. The van der Waals surface area contributed by atoms with Gasteiger partial charge in [0.15, 0.2) is 5.75 Å². The third kappa shape index (κ3) is 3.25. The van der Waals surface area contributed by atoms with Crippen LogP contribution in [0.4, 0.5) is 5.69 Å². The number of nitrogens with zero attached hydrogens (tertiary/aromatic N) is 1. The third-order valence-electron chi connectivity index (χ3n) is 2.24. The van der Waals surface area contributed by atoms with E-state index < -0.39 is 4.92 Å². The number of ether oxygens (including phenoxy) is 3. The summed E-state index contributed by atoms with van der Waals surface area (Å²) in [5, 5.41) is 11.0. The number of methoxy groups -OCH3 is 3. The number of rotatable bonds is 5. The minimum Gasteiger partial charge on any atom is -0.493 e. The highest BCUT2D eigenvalue weighted by Crippen LogP contribution is 2.46. The Morgan fingerprint density at radius 1 is 1.16 bits per heavy atom. The van der Waals surface area contributed by atoms with E-state index in [0.29, 0.717) is 11.3 Å². The average molecular weight is 267 g/mol. The Hall–Kier alpha value is -2.50. The summed E-state index contributed by atoms with van der Waals surface area (Å²) in [6.45, 7) is 9.52. The minimum absolute atomic E-state index is 0.0201. The molecule has 0 spiro atoms. The first kappa shape index (κ1) is 16.5. The number of hydrogen-bond donors (Lipinski definition) is 0. The Balaban J connectivity index is 0.00000154. The smallest absolute Gasteiger partial charge is 0.322 e. The molecule has 0 aromatic heterocycles. The Morgan fingerprint density at radius 2 is 1.68 bits per heavy atom. The Labute approximate surface area is 112 Å². The molecule has 0 unspecified atom stereocenters. The molecular weight excluding hydrogens is 250 g/mol. The molecule has 0 heterocycles. The molecule has 0 fully saturated rings. The minimum atomic E-state index is -0.544. The van der Waals surface area contributed by atoms with Gasteiger partial charge in [-0.1, -0.05) is 12.7 Å². The van der Waals surface area contributed by atoms with Gasteiger partial charge in [0, 0.05) is 0 Å². The van der Waals surface area contributed by atoms with Crippen LogP contribution < -0.4 is 14.2 Å². The lowest BCUT2D eigenvalue weighted by Crippen LogP contribution is -2.01. The van der Waals surface area contributed by atoms with E-state index in [1.54, 1.807) is 0 Å². The molecule has 1 rings (SSSR count). The third-order valence-corrected chi connectivity index (χ3v) is 2.24. The fourth-order valence-corrected chi connectivity index (χ4v) is 1.50. The van der Waals surface area contributed by atoms with Gasteiger partial charge in [0.1, 0.15) is 0 Å². The number of nitro benzene ring substituents is 1. The second-order valence-electron chi connectivity index (χ2n) is 3.04. The maximum Gasteiger partial charge on any atom is 0.322 e. The Kier molecular flexibility index (Phi) is 6.73. The molecule has 0 saturated carbocycles. The van der Waals surface area contributed by atoms with Crippen LogP contribution in [-0.4, -0.2) is 26.3 Å². The van der Waals surface area contributed by atoms with Crippen molar-refractivity contribution in [3.8, 4) is 17.2 Å². The number of hydrogen-bond acceptors (Lipinski definition) is 5. The Bertz CT molecular complexity index is 471. The lowest BCUT2D eigenvalue weighted by atomic mass is 10.1. The van der Waals surface area contributed by atoms with Gasteiger partial charge in [-0.05, 0) is 6.07 Å². The first-order valence-electron chi connectivity index (χ1n) is 5.20. The molecule has 0 aliphatic rings. The van der Waals surface area contributed by atoms with Crippen LogP contribution in [0, 0.1) is 10.1 Å². The molecule has 0 radical (unpaired) electrons. The first-order valence-corrected chi connectivity index (χ1v) is 5.20. The van der Waals surface area contributed by atoms with E-state index in [1.807, 2.05) is 0 Å². The highest BCUT2D eigenvalue weighted by Gasteiger charge is 2.27. The van der Waals surface area contributed by atoms with Crippen LogP contribution >= 0.6 is 0 Å². The maximum absolute atomic E-state index is 11.0. The fraction of sp³-hybridized carbons (Fsp3) is 0.231. The molecule has 0 aliphatic carbocycles. The van der Waals surface area contributed by atoms with Crippen LogP contribution in [0.25, 0.3) is 6.08 Å². The average Bonchev–Trinajstić information content (AvgIpc) is 2.46. The molecule has 0 bridgehead atoms. The van der Waals surface area contributed by atoms with Crippen molar-refractivity contribution < 1.29 is 19.1 Å². The molecule has 0 N–H and O–H groups in total. The van der Waals surface area contributed by atoms with E-state index >= 15 is 0 Å². The first-order chi connectivity index (χ1) is 9.10. The SMILES string of the molecule is C=C.C=Cc1cc(OC)c(OC)c(OC)c1[N+](=O)[O-]. The molecule has 0 amide bonds. The second kappa shape index (κ2) is 7.75. The van der Waals surface area contributed by atoms with E-state index in [1.165, 1.54) is 33.5 Å². The lowest BCUT2D eigenvalue weighted by Gasteiger charge is -2.13. The summed E-state index contributed by atoms with van der Waals surface area (Å²) < 4.78 is 15.2. The van der Waals surface area contributed by atoms with Gasteiger partial charge in [-0.25, -0.2) is 0 Å². The van der Waals surface area contributed by atoms with Crippen molar-refractivity contribution in [1.29, 1.82) is 0 Å². The summed E-state index contributed by atoms with van der Waals surface area (Å²) in [4.78, 5) is 10.5. The second-order valence-corrected chi connectivity index (χ2v) is 3.04. The van der Waals surface area contributed by atoms with Crippen molar-refractivity contribution in [3.63, 3.8) is 0 Å². The summed E-state index contributed by atoms with van der Waals surface area (Å²) in [5.74, 6) is 0.559. The Morgan fingerprint density at radius 3 is 2.00 bits per heavy atom. The number of nitro groups is 1. The van der Waals surface area contributed by atoms with E-state index in [2.05, 4.69) is 19.7 Å². The molecule has 1 aromatic rings. The summed E-state index contributed by atoms with van der Waals surface area (Å²) in [6.07, 6.45) is 1.36. The van der Waals surface area contributed by atoms with Crippen molar-refractivity contribution in [2.45, 2.75) is 0 Å². The van der Waals surface area contributed by atoms with Gasteiger partial charge in [-0.3, -0.25) is 10.1 Å². The van der Waals surface area contributed by atoms with Gasteiger partial charge in [-0.2, -0.15) is 0 Å². The lowest BCUT2D eigenvalue weighted by molar-refractivity contribution is -0.386. The topological polar surface area (TPSA) is 70.8 Å². The monoisotopic (exact) mass is 267 g/mol. The van der Waals surface area contributed by atoms with Crippen LogP contribution in [-0.2, 0) is 0 Å². The van der Waals surface area contributed by atoms with E-state index in [-0.39, 0.29) is 17.2 Å². The molecule has 0 atom stereocenters. The van der Waals surface area contributed by atoms with E-state index in [9.17, 15) is 10.1 Å². The van der Waals surface area contributed by atoms with Gasteiger partial charge >= 0.3 is 5.69 Å². The van der Waals surface area contributed by atoms with Crippen molar-refractivity contribution in [2.75, 3.05) is 21.3 Å². The van der Waals surface area contributed by atoms with Gasteiger partial charge in [0.2, 0.25) is 11.5 Å². The number of benzene rings is 1. The van der Waals surface area contributed by atoms with Gasteiger partial charge in [-0.15, -0.1) is 13.2 Å². The molecule has 0 aliphatic heterocycles. The molecule has 6 heteroatoms. The van der Waals surface area contributed by atoms with Gasteiger partial charge < -0.3 is 14.2 Å². The van der Waals surface area contributed by atoms with Crippen molar-refractivity contribution in [3.05, 3.63) is 41.5 Å². The van der Waals surface area contributed by atoms with E-state index in [0.717, 1.165) is 0 Å². The van der Waals surface area contributed by atoms with Crippen LogP contribution in [0.2, 0.25) is 0 Å². The van der Waals surface area contributed by atoms with Gasteiger partial charge in [0.25, 0.3) is 0 Å². The predicted octanol–water partition coefficient (Wildman–Crippen LogP) is 3.07. The maximum atomic E-state index is 11.0. The predicted molar refractivity (Wildman–Crippen MR) is 74.1 cm³/mol. The molecule has 19 heavy (non-hydrogen) atoms. The standard InChI is InChI=1S/C11H13NO5.C2H4/c1-5-7-6-8(15-2)10(16-3)11(17-4)9(7)12(13)14;1-2/h5-6H,1H2,2-4H3;1-2H2. The van der Waals surface area contributed by atoms with Crippen molar-refractivity contribution in [2.24, 2.45) is 0 Å². The van der Waals surface area contributed by atoms with Crippen LogP contribution in [0.1, 0.15) is 5.56 Å². The summed E-state index contributed by atoms with van der Waals surface area (Å²) in [6, 6.07) is 1.48.